The Morgan fingerprint density at radius 2 is 2.10 bits per heavy atom. The topological polar surface area (TPSA) is 73.0 Å². The molecular weight excluding hydrogens is 268 g/mol. The predicted molar refractivity (Wildman–Crippen MR) is 83.6 cm³/mol. The molecule has 1 saturated carbocycles. The van der Waals surface area contributed by atoms with Gasteiger partial charge in [-0.05, 0) is 18.3 Å². The van der Waals surface area contributed by atoms with Crippen LogP contribution in [-0.4, -0.2) is 21.2 Å². The molecule has 0 aromatic carbocycles. The SMILES string of the molecule is CC(C)c1nn(C)c(NCC2CCCCC2C)c1[N+](=O)[O-]. The molecule has 2 rings (SSSR count). The molecule has 6 heteroatoms. The van der Waals surface area contributed by atoms with Crippen molar-refractivity contribution in [1.82, 2.24) is 9.78 Å². The number of hydrogen-bond acceptors (Lipinski definition) is 4. The van der Waals surface area contributed by atoms with E-state index in [4.69, 9.17) is 0 Å². The summed E-state index contributed by atoms with van der Waals surface area (Å²) in [6, 6.07) is 0. The van der Waals surface area contributed by atoms with E-state index < -0.39 is 0 Å². The normalized spacial score (nSPS) is 22.5. The number of aromatic nitrogens is 2. The highest BCUT2D eigenvalue weighted by Gasteiger charge is 2.29. The van der Waals surface area contributed by atoms with Crippen molar-refractivity contribution < 1.29 is 4.92 Å². The molecule has 1 aromatic rings. The van der Waals surface area contributed by atoms with E-state index in [0.29, 0.717) is 23.3 Å². The van der Waals surface area contributed by atoms with Crippen LogP contribution in [0, 0.1) is 22.0 Å². The van der Waals surface area contributed by atoms with Gasteiger partial charge in [0, 0.05) is 19.5 Å². The molecule has 0 aliphatic heterocycles. The molecule has 1 N–H and O–H groups in total. The van der Waals surface area contributed by atoms with Crippen LogP contribution in [0.2, 0.25) is 0 Å². The van der Waals surface area contributed by atoms with Crippen molar-refractivity contribution in [2.45, 2.75) is 52.4 Å². The van der Waals surface area contributed by atoms with Crippen molar-refractivity contribution in [3.05, 3.63) is 15.8 Å². The van der Waals surface area contributed by atoms with Gasteiger partial charge in [-0.15, -0.1) is 0 Å². The lowest BCUT2D eigenvalue weighted by Crippen LogP contribution is -2.25. The number of nitro groups is 1. The standard InChI is InChI=1S/C15H26N4O2/c1-10(2)13-14(19(20)21)15(18(4)17-13)16-9-12-8-6-5-7-11(12)3/h10-12,16H,5-9H2,1-4H3. The maximum absolute atomic E-state index is 11.4. The van der Waals surface area contributed by atoms with E-state index in [2.05, 4.69) is 17.3 Å². The fraction of sp³-hybridized carbons (Fsp3) is 0.800. The monoisotopic (exact) mass is 294 g/mol. The summed E-state index contributed by atoms with van der Waals surface area (Å²) in [7, 11) is 1.77. The molecule has 118 valence electrons. The van der Waals surface area contributed by atoms with E-state index >= 15 is 0 Å². The Balaban J connectivity index is 2.17. The van der Waals surface area contributed by atoms with E-state index in [0.717, 1.165) is 6.54 Å². The third-order valence-electron chi connectivity index (χ3n) is 4.60. The third-order valence-corrected chi connectivity index (χ3v) is 4.60. The quantitative estimate of drug-likeness (QED) is 0.664. The summed E-state index contributed by atoms with van der Waals surface area (Å²) >= 11 is 0. The van der Waals surface area contributed by atoms with Crippen LogP contribution in [0.1, 0.15) is 58.1 Å². The maximum atomic E-state index is 11.4. The minimum Gasteiger partial charge on any atom is -0.364 e. The van der Waals surface area contributed by atoms with Gasteiger partial charge in [0.25, 0.3) is 0 Å². The molecule has 2 unspecified atom stereocenters. The average Bonchev–Trinajstić information content (AvgIpc) is 2.75. The van der Waals surface area contributed by atoms with Gasteiger partial charge in [0.15, 0.2) is 0 Å². The Bertz CT molecular complexity index is 510. The molecule has 1 heterocycles. The number of nitrogens with one attached hydrogen (secondary N) is 1. The highest BCUT2D eigenvalue weighted by molar-refractivity contribution is 5.60. The van der Waals surface area contributed by atoms with Crippen LogP contribution in [-0.2, 0) is 7.05 Å². The summed E-state index contributed by atoms with van der Waals surface area (Å²) in [4.78, 5) is 11.1. The van der Waals surface area contributed by atoms with E-state index in [1.54, 1.807) is 11.7 Å². The summed E-state index contributed by atoms with van der Waals surface area (Å²) in [5.74, 6) is 1.86. The van der Waals surface area contributed by atoms with Crippen molar-refractivity contribution in [3.8, 4) is 0 Å². The smallest absolute Gasteiger partial charge is 0.334 e. The van der Waals surface area contributed by atoms with Gasteiger partial charge in [0.1, 0.15) is 5.69 Å². The van der Waals surface area contributed by atoms with E-state index in [1.807, 2.05) is 13.8 Å². The Morgan fingerprint density at radius 1 is 1.43 bits per heavy atom. The zero-order chi connectivity index (χ0) is 15.6. The van der Waals surface area contributed by atoms with Crippen LogP contribution < -0.4 is 5.32 Å². The number of anilines is 1. The van der Waals surface area contributed by atoms with E-state index in [-0.39, 0.29) is 16.5 Å². The largest absolute Gasteiger partial charge is 0.364 e. The van der Waals surface area contributed by atoms with Gasteiger partial charge >= 0.3 is 5.69 Å². The van der Waals surface area contributed by atoms with Gasteiger partial charge in [-0.2, -0.15) is 5.10 Å². The van der Waals surface area contributed by atoms with E-state index in [1.165, 1.54) is 25.7 Å². The highest BCUT2D eigenvalue weighted by Crippen LogP contribution is 2.34. The van der Waals surface area contributed by atoms with Crippen LogP contribution in [0.4, 0.5) is 11.5 Å². The highest BCUT2D eigenvalue weighted by atomic mass is 16.6. The van der Waals surface area contributed by atoms with Crippen molar-refractivity contribution >= 4 is 11.5 Å². The van der Waals surface area contributed by atoms with E-state index in [9.17, 15) is 10.1 Å². The Hall–Kier alpha value is -1.59. The van der Waals surface area contributed by atoms with Gasteiger partial charge in [0.05, 0.1) is 4.92 Å². The van der Waals surface area contributed by atoms with Gasteiger partial charge in [0.2, 0.25) is 5.82 Å². The molecule has 0 spiro atoms. The van der Waals surface area contributed by atoms with Gasteiger partial charge in [-0.3, -0.25) is 10.1 Å². The number of aryl methyl sites for hydroxylation is 1. The molecule has 0 amide bonds. The van der Waals surface area contributed by atoms with Gasteiger partial charge < -0.3 is 5.32 Å². The van der Waals surface area contributed by atoms with Crippen molar-refractivity contribution in [2.75, 3.05) is 11.9 Å². The number of nitrogens with zero attached hydrogens (tertiary/aromatic N) is 3. The zero-order valence-electron chi connectivity index (χ0n) is 13.4. The summed E-state index contributed by atoms with van der Waals surface area (Å²) < 4.78 is 1.61. The minimum atomic E-state index is -0.311. The molecular formula is C15H26N4O2. The molecule has 6 nitrogen and oxygen atoms in total. The van der Waals surface area contributed by atoms with Gasteiger partial charge in [-0.25, -0.2) is 4.68 Å². The Labute approximate surface area is 126 Å². The number of rotatable bonds is 5. The average molecular weight is 294 g/mol. The number of hydrogen-bond donors (Lipinski definition) is 1. The van der Waals surface area contributed by atoms with Crippen LogP contribution in [0.25, 0.3) is 0 Å². The summed E-state index contributed by atoms with van der Waals surface area (Å²) in [5.41, 5.74) is 0.692. The molecule has 0 radical (unpaired) electrons. The lowest BCUT2D eigenvalue weighted by Gasteiger charge is -2.28. The molecule has 1 fully saturated rings. The first-order valence-electron chi connectivity index (χ1n) is 7.87. The first-order valence-corrected chi connectivity index (χ1v) is 7.87. The zero-order valence-corrected chi connectivity index (χ0v) is 13.4. The molecule has 0 bridgehead atoms. The minimum absolute atomic E-state index is 0.0424. The fourth-order valence-corrected chi connectivity index (χ4v) is 3.22. The summed E-state index contributed by atoms with van der Waals surface area (Å²) in [6.07, 6.45) is 5.04. The second kappa shape index (κ2) is 6.45. The second-order valence-electron chi connectivity index (χ2n) is 6.52. The Kier molecular flexibility index (Phi) is 4.85. The van der Waals surface area contributed by atoms with Crippen molar-refractivity contribution in [2.24, 2.45) is 18.9 Å². The van der Waals surface area contributed by atoms with Crippen molar-refractivity contribution in [1.29, 1.82) is 0 Å². The molecule has 0 saturated heterocycles. The lowest BCUT2D eigenvalue weighted by atomic mass is 9.80. The first-order chi connectivity index (χ1) is 9.91. The van der Waals surface area contributed by atoms with Crippen LogP contribution >= 0.6 is 0 Å². The molecule has 21 heavy (non-hydrogen) atoms. The second-order valence-corrected chi connectivity index (χ2v) is 6.52. The summed E-state index contributed by atoms with van der Waals surface area (Å²) in [6.45, 7) is 6.94. The van der Waals surface area contributed by atoms with Crippen LogP contribution in [0.15, 0.2) is 0 Å². The van der Waals surface area contributed by atoms with Crippen LogP contribution in [0.3, 0.4) is 0 Å². The molecule has 1 aliphatic carbocycles. The lowest BCUT2D eigenvalue weighted by molar-refractivity contribution is -0.384. The summed E-state index contributed by atoms with van der Waals surface area (Å²) in [5, 5.41) is 19.0. The van der Waals surface area contributed by atoms with Gasteiger partial charge in [-0.1, -0.05) is 40.0 Å². The molecule has 1 aromatic heterocycles. The molecule has 1 aliphatic rings. The fourth-order valence-electron chi connectivity index (χ4n) is 3.22. The van der Waals surface area contributed by atoms with Crippen molar-refractivity contribution in [3.63, 3.8) is 0 Å². The predicted octanol–water partition coefficient (Wildman–Crippen LogP) is 3.69. The van der Waals surface area contributed by atoms with Crippen LogP contribution in [0.5, 0.6) is 0 Å². The first kappa shape index (κ1) is 15.8. The Morgan fingerprint density at radius 3 is 2.67 bits per heavy atom. The molecule has 2 atom stereocenters. The maximum Gasteiger partial charge on any atom is 0.334 e. The third kappa shape index (κ3) is 3.36.